The standard InChI is InChI=1S/C12H16BrFN2/c1-12(2-3-15-8-12)16-7-9-4-10(13)6-11(14)5-9/h4-6,15-16H,2-3,7-8H2,1H3. The Morgan fingerprint density at radius 1 is 1.50 bits per heavy atom. The Labute approximate surface area is 104 Å². The minimum Gasteiger partial charge on any atom is -0.315 e. The molecule has 0 saturated carbocycles. The van der Waals surface area contributed by atoms with Crippen LogP contribution < -0.4 is 10.6 Å². The normalized spacial score (nSPS) is 24.9. The fourth-order valence-corrected chi connectivity index (χ4v) is 2.51. The number of hydrogen-bond donors (Lipinski definition) is 2. The van der Waals surface area contributed by atoms with Crippen LogP contribution in [0.25, 0.3) is 0 Å². The number of benzene rings is 1. The highest BCUT2D eigenvalue weighted by Gasteiger charge is 2.27. The lowest BCUT2D eigenvalue weighted by Crippen LogP contribution is -2.43. The van der Waals surface area contributed by atoms with Gasteiger partial charge in [0.25, 0.3) is 0 Å². The molecule has 1 aromatic rings. The molecule has 1 saturated heterocycles. The molecule has 1 aromatic carbocycles. The van der Waals surface area contributed by atoms with Crippen LogP contribution in [0.3, 0.4) is 0 Å². The molecule has 16 heavy (non-hydrogen) atoms. The first kappa shape index (κ1) is 12.0. The van der Waals surface area contributed by atoms with E-state index < -0.39 is 0 Å². The molecule has 1 aliphatic rings. The summed E-state index contributed by atoms with van der Waals surface area (Å²) < 4.78 is 13.9. The van der Waals surface area contributed by atoms with E-state index in [1.165, 1.54) is 6.07 Å². The topological polar surface area (TPSA) is 24.1 Å². The second-order valence-corrected chi connectivity index (χ2v) is 5.53. The van der Waals surface area contributed by atoms with Crippen molar-refractivity contribution in [3.63, 3.8) is 0 Å². The summed E-state index contributed by atoms with van der Waals surface area (Å²) in [5, 5.41) is 6.80. The lowest BCUT2D eigenvalue weighted by atomic mass is 10.0. The molecule has 1 atom stereocenters. The maximum Gasteiger partial charge on any atom is 0.124 e. The van der Waals surface area contributed by atoms with Crippen LogP contribution in [0.5, 0.6) is 0 Å². The second-order valence-electron chi connectivity index (χ2n) is 4.62. The quantitative estimate of drug-likeness (QED) is 0.892. The third-order valence-electron chi connectivity index (χ3n) is 3.01. The summed E-state index contributed by atoms with van der Waals surface area (Å²) >= 11 is 3.30. The maximum atomic E-state index is 13.2. The summed E-state index contributed by atoms with van der Waals surface area (Å²) in [4.78, 5) is 0. The zero-order valence-electron chi connectivity index (χ0n) is 9.32. The van der Waals surface area contributed by atoms with Gasteiger partial charge in [0.1, 0.15) is 5.82 Å². The lowest BCUT2D eigenvalue weighted by molar-refractivity contribution is 0.385. The molecule has 4 heteroatoms. The molecule has 2 nitrogen and oxygen atoms in total. The van der Waals surface area contributed by atoms with Crippen molar-refractivity contribution in [1.29, 1.82) is 0 Å². The van der Waals surface area contributed by atoms with Crippen molar-refractivity contribution in [1.82, 2.24) is 10.6 Å². The van der Waals surface area contributed by atoms with Gasteiger partial charge in [0, 0.05) is 23.1 Å². The van der Waals surface area contributed by atoms with Crippen LogP contribution >= 0.6 is 15.9 Å². The van der Waals surface area contributed by atoms with Gasteiger partial charge in [-0.05, 0) is 43.7 Å². The number of nitrogens with one attached hydrogen (secondary N) is 2. The van der Waals surface area contributed by atoms with Crippen molar-refractivity contribution >= 4 is 15.9 Å². The number of rotatable bonds is 3. The van der Waals surface area contributed by atoms with E-state index in [4.69, 9.17) is 0 Å². The van der Waals surface area contributed by atoms with Crippen LogP contribution in [0.2, 0.25) is 0 Å². The van der Waals surface area contributed by atoms with Crippen LogP contribution in [0, 0.1) is 5.82 Å². The monoisotopic (exact) mass is 286 g/mol. The molecule has 0 spiro atoms. The Balaban J connectivity index is 1.98. The second kappa shape index (κ2) is 4.82. The van der Waals surface area contributed by atoms with Crippen LogP contribution in [0.4, 0.5) is 4.39 Å². The van der Waals surface area contributed by atoms with Gasteiger partial charge in [0.2, 0.25) is 0 Å². The average molecular weight is 287 g/mol. The Morgan fingerprint density at radius 2 is 2.31 bits per heavy atom. The predicted molar refractivity (Wildman–Crippen MR) is 66.8 cm³/mol. The minimum absolute atomic E-state index is 0.138. The van der Waals surface area contributed by atoms with Gasteiger partial charge in [-0.2, -0.15) is 0 Å². The first-order chi connectivity index (χ1) is 7.57. The minimum atomic E-state index is -0.194. The van der Waals surface area contributed by atoms with Crippen molar-refractivity contribution in [2.24, 2.45) is 0 Å². The van der Waals surface area contributed by atoms with Gasteiger partial charge in [-0.3, -0.25) is 0 Å². The van der Waals surface area contributed by atoms with E-state index in [9.17, 15) is 4.39 Å². The van der Waals surface area contributed by atoms with Gasteiger partial charge in [0.05, 0.1) is 0 Å². The van der Waals surface area contributed by atoms with E-state index in [0.717, 1.165) is 29.5 Å². The van der Waals surface area contributed by atoms with Crippen molar-refractivity contribution in [2.45, 2.75) is 25.4 Å². The summed E-state index contributed by atoms with van der Waals surface area (Å²) in [6.07, 6.45) is 1.11. The molecular formula is C12H16BrFN2. The number of halogens is 2. The predicted octanol–water partition coefficient (Wildman–Crippen LogP) is 2.43. The Morgan fingerprint density at radius 3 is 2.94 bits per heavy atom. The molecule has 0 amide bonds. The van der Waals surface area contributed by atoms with Crippen LogP contribution in [-0.2, 0) is 6.54 Å². The zero-order valence-corrected chi connectivity index (χ0v) is 10.9. The van der Waals surface area contributed by atoms with Gasteiger partial charge < -0.3 is 10.6 Å². The first-order valence-corrected chi connectivity index (χ1v) is 6.27. The fourth-order valence-electron chi connectivity index (χ4n) is 2.00. The van der Waals surface area contributed by atoms with Crippen LogP contribution in [-0.4, -0.2) is 18.6 Å². The Kier molecular flexibility index (Phi) is 3.62. The summed E-state index contributed by atoms with van der Waals surface area (Å²) in [5.74, 6) is -0.194. The van der Waals surface area contributed by atoms with E-state index in [1.807, 2.05) is 6.07 Å². The number of hydrogen-bond acceptors (Lipinski definition) is 2. The van der Waals surface area contributed by atoms with Gasteiger partial charge in [-0.25, -0.2) is 4.39 Å². The Hall–Kier alpha value is -0.450. The average Bonchev–Trinajstić information content (AvgIpc) is 2.62. The molecule has 1 heterocycles. The molecule has 88 valence electrons. The highest BCUT2D eigenvalue weighted by atomic mass is 79.9. The van der Waals surface area contributed by atoms with Gasteiger partial charge in [0.15, 0.2) is 0 Å². The Bertz CT molecular complexity index is 355. The molecule has 1 aliphatic heterocycles. The SMILES string of the molecule is CC1(NCc2cc(F)cc(Br)c2)CCNC1. The maximum absolute atomic E-state index is 13.2. The molecule has 0 bridgehead atoms. The van der Waals surface area contributed by atoms with Crippen molar-refractivity contribution < 1.29 is 4.39 Å². The molecule has 0 radical (unpaired) electrons. The van der Waals surface area contributed by atoms with Gasteiger partial charge in [-0.1, -0.05) is 15.9 Å². The third kappa shape index (κ3) is 3.03. The molecule has 1 fully saturated rings. The molecule has 0 aromatic heterocycles. The smallest absolute Gasteiger partial charge is 0.124 e. The zero-order chi connectivity index (χ0) is 11.6. The van der Waals surface area contributed by atoms with E-state index in [-0.39, 0.29) is 11.4 Å². The van der Waals surface area contributed by atoms with Crippen molar-refractivity contribution in [2.75, 3.05) is 13.1 Å². The van der Waals surface area contributed by atoms with Crippen LogP contribution in [0.1, 0.15) is 18.9 Å². The summed E-state index contributed by atoms with van der Waals surface area (Å²) in [5.41, 5.74) is 1.11. The van der Waals surface area contributed by atoms with E-state index in [0.29, 0.717) is 6.54 Å². The third-order valence-corrected chi connectivity index (χ3v) is 3.47. The highest BCUT2D eigenvalue weighted by molar-refractivity contribution is 9.10. The van der Waals surface area contributed by atoms with E-state index in [1.54, 1.807) is 6.07 Å². The van der Waals surface area contributed by atoms with Crippen LogP contribution in [0.15, 0.2) is 22.7 Å². The fraction of sp³-hybridized carbons (Fsp3) is 0.500. The molecule has 2 rings (SSSR count). The lowest BCUT2D eigenvalue weighted by Gasteiger charge is -2.24. The largest absolute Gasteiger partial charge is 0.315 e. The molecule has 0 aliphatic carbocycles. The van der Waals surface area contributed by atoms with Crippen molar-refractivity contribution in [3.05, 3.63) is 34.1 Å². The summed E-state index contributed by atoms with van der Waals surface area (Å²) in [7, 11) is 0. The summed E-state index contributed by atoms with van der Waals surface area (Å²) in [6.45, 7) is 4.93. The molecule has 2 N–H and O–H groups in total. The van der Waals surface area contributed by atoms with E-state index in [2.05, 4.69) is 33.5 Å². The highest BCUT2D eigenvalue weighted by Crippen LogP contribution is 2.17. The van der Waals surface area contributed by atoms with Gasteiger partial charge in [-0.15, -0.1) is 0 Å². The first-order valence-electron chi connectivity index (χ1n) is 5.48. The van der Waals surface area contributed by atoms with Gasteiger partial charge >= 0.3 is 0 Å². The van der Waals surface area contributed by atoms with E-state index >= 15 is 0 Å². The molecule has 1 unspecified atom stereocenters. The molecular weight excluding hydrogens is 271 g/mol. The summed E-state index contributed by atoms with van der Waals surface area (Å²) in [6, 6.07) is 4.99. The van der Waals surface area contributed by atoms with Crippen molar-refractivity contribution in [3.8, 4) is 0 Å².